The maximum Gasteiger partial charge on any atom is 0.338 e. The van der Waals surface area contributed by atoms with Gasteiger partial charge in [0.15, 0.2) is 6.61 Å². The van der Waals surface area contributed by atoms with Gasteiger partial charge in [-0.2, -0.15) is 0 Å². The number of carbonyl (C=O) groups excluding carboxylic acids is 2. The van der Waals surface area contributed by atoms with E-state index in [1.165, 1.54) is 30.3 Å². The number of benzene rings is 2. The second-order valence-electron chi connectivity index (χ2n) is 4.29. The number of halogens is 3. The molecule has 2 aromatic rings. The molecule has 2 rings (SSSR count). The molecule has 0 saturated carbocycles. The van der Waals surface area contributed by atoms with Crippen LogP contribution in [0.1, 0.15) is 10.4 Å². The van der Waals surface area contributed by atoms with Crippen LogP contribution in [0.4, 0.5) is 10.1 Å². The molecule has 1 N–H and O–H groups in total. The molecular weight excluding hydrogens is 332 g/mol. The molecule has 0 aliphatic heterocycles. The molecule has 1 amide bonds. The Bertz CT molecular complexity index is 684. The summed E-state index contributed by atoms with van der Waals surface area (Å²) in [6.45, 7) is -0.486. The molecule has 0 atom stereocenters. The molecule has 0 unspecified atom stereocenters. The lowest BCUT2D eigenvalue weighted by atomic mass is 10.2. The van der Waals surface area contributed by atoms with E-state index in [0.29, 0.717) is 15.7 Å². The minimum absolute atomic E-state index is 0.153. The molecule has 2 aromatic carbocycles. The third-order valence-corrected chi connectivity index (χ3v) is 3.00. The number of hydrogen-bond donors (Lipinski definition) is 1. The second kappa shape index (κ2) is 7.24. The Morgan fingerprint density at radius 2 is 1.64 bits per heavy atom. The first kappa shape index (κ1) is 16.3. The van der Waals surface area contributed by atoms with Crippen LogP contribution in [0.25, 0.3) is 0 Å². The van der Waals surface area contributed by atoms with Crippen molar-refractivity contribution in [3.63, 3.8) is 0 Å². The van der Waals surface area contributed by atoms with Crippen molar-refractivity contribution < 1.29 is 18.7 Å². The van der Waals surface area contributed by atoms with Gasteiger partial charge < -0.3 is 10.1 Å². The summed E-state index contributed by atoms with van der Waals surface area (Å²) in [5.74, 6) is -1.74. The molecule has 0 radical (unpaired) electrons. The highest BCUT2D eigenvalue weighted by molar-refractivity contribution is 6.35. The van der Waals surface area contributed by atoms with Gasteiger partial charge in [-0.1, -0.05) is 23.2 Å². The zero-order chi connectivity index (χ0) is 16.1. The average Bonchev–Trinajstić information content (AvgIpc) is 2.44. The minimum atomic E-state index is -0.723. The largest absolute Gasteiger partial charge is 0.452 e. The summed E-state index contributed by atoms with van der Waals surface area (Å²) in [6, 6.07) is 9.33. The SMILES string of the molecule is O=C(COC(=O)c1ccc(F)cc1)Nc1cc(Cl)cc(Cl)c1. The normalized spacial score (nSPS) is 10.1. The Kier molecular flexibility index (Phi) is 5.35. The Balaban J connectivity index is 1.89. The number of esters is 1. The lowest BCUT2D eigenvalue weighted by Gasteiger charge is -2.07. The van der Waals surface area contributed by atoms with Gasteiger partial charge in [-0.25, -0.2) is 9.18 Å². The van der Waals surface area contributed by atoms with Crippen LogP contribution in [0.15, 0.2) is 42.5 Å². The molecule has 7 heteroatoms. The summed E-state index contributed by atoms with van der Waals surface area (Å²) in [6.07, 6.45) is 0. The molecule has 0 aliphatic carbocycles. The van der Waals surface area contributed by atoms with E-state index in [0.717, 1.165) is 12.1 Å². The number of nitrogens with one attached hydrogen (secondary N) is 1. The Morgan fingerprint density at radius 1 is 1.05 bits per heavy atom. The van der Waals surface area contributed by atoms with Crippen LogP contribution in [0.5, 0.6) is 0 Å². The smallest absolute Gasteiger partial charge is 0.338 e. The highest BCUT2D eigenvalue weighted by Gasteiger charge is 2.11. The molecule has 0 spiro atoms. The van der Waals surface area contributed by atoms with Gasteiger partial charge in [-0.3, -0.25) is 4.79 Å². The molecule has 22 heavy (non-hydrogen) atoms. The maximum absolute atomic E-state index is 12.7. The molecule has 0 aromatic heterocycles. The fraction of sp³-hybridized carbons (Fsp3) is 0.0667. The Hall–Kier alpha value is -2.11. The van der Waals surface area contributed by atoms with Crippen LogP contribution in [0.2, 0.25) is 10.0 Å². The second-order valence-corrected chi connectivity index (χ2v) is 5.16. The van der Waals surface area contributed by atoms with Crippen molar-refractivity contribution in [1.29, 1.82) is 0 Å². The van der Waals surface area contributed by atoms with Crippen LogP contribution in [0, 0.1) is 5.82 Å². The molecule has 0 bridgehead atoms. The van der Waals surface area contributed by atoms with Gasteiger partial charge >= 0.3 is 5.97 Å². The Labute approximate surface area is 135 Å². The van der Waals surface area contributed by atoms with Crippen molar-refractivity contribution >= 4 is 40.8 Å². The average molecular weight is 342 g/mol. The van der Waals surface area contributed by atoms with Gasteiger partial charge in [0, 0.05) is 15.7 Å². The minimum Gasteiger partial charge on any atom is -0.452 e. The van der Waals surface area contributed by atoms with Gasteiger partial charge in [0.1, 0.15) is 5.82 Å². The van der Waals surface area contributed by atoms with Crippen LogP contribution in [-0.4, -0.2) is 18.5 Å². The van der Waals surface area contributed by atoms with E-state index in [9.17, 15) is 14.0 Å². The zero-order valence-electron chi connectivity index (χ0n) is 11.1. The van der Waals surface area contributed by atoms with E-state index in [1.807, 2.05) is 0 Å². The molecular formula is C15H10Cl2FNO3. The fourth-order valence-electron chi connectivity index (χ4n) is 1.62. The quantitative estimate of drug-likeness (QED) is 0.857. The third kappa shape index (κ3) is 4.72. The van der Waals surface area contributed by atoms with Crippen molar-refractivity contribution in [2.75, 3.05) is 11.9 Å². The first-order chi connectivity index (χ1) is 10.4. The van der Waals surface area contributed by atoms with Crippen molar-refractivity contribution in [3.8, 4) is 0 Å². The van der Waals surface area contributed by atoms with Crippen LogP contribution in [0.3, 0.4) is 0 Å². The number of hydrogen-bond acceptors (Lipinski definition) is 3. The van der Waals surface area contributed by atoms with E-state index in [4.69, 9.17) is 27.9 Å². The summed E-state index contributed by atoms with van der Waals surface area (Å²) in [5, 5.41) is 3.23. The van der Waals surface area contributed by atoms with Gasteiger partial charge in [-0.15, -0.1) is 0 Å². The van der Waals surface area contributed by atoms with E-state index in [-0.39, 0.29) is 5.56 Å². The summed E-state index contributed by atoms with van der Waals surface area (Å²) >= 11 is 11.6. The molecule has 0 saturated heterocycles. The van der Waals surface area contributed by atoms with Crippen LogP contribution >= 0.6 is 23.2 Å². The predicted octanol–water partition coefficient (Wildman–Crippen LogP) is 3.93. The predicted molar refractivity (Wildman–Crippen MR) is 81.8 cm³/mol. The number of ether oxygens (including phenoxy) is 1. The van der Waals surface area contributed by atoms with Crippen molar-refractivity contribution in [2.45, 2.75) is 0 Å². The highest BCUT2D eigenvalue weighted by Crippen LogP contribution is 2.22. The number of rotatable bonds is 4. The highest BCUT2D eigenvalue weighted by atomic mass is 35.5. The molecule has 0 fully saturated rings. The Morgan fingerprint density at radius 3 is 2.23 bits per heavy atom. The summed E-state index contributed by atoms with van der Waals surface area (Å²) in [5.41, 5.74) is 0.542. The first-order valence-electron chi connectivity index (χ1n) is 6.12. The summed E-state index contributed by atoms with van der Waals surface area (Å²) in [7, 11) is 0. The molecule has 0 heterocycles. The van der Waals surface area contributed by atoms with Gasteiger partial charge in [0.25, 0.3) is 5.91 Å². The van der Waals surface area contributed by atoms with Crippen molar-refractivity contribution in [2.24, 2.45) is 0 Å². The van der Waals surface area contributed by atoms with E-state index in [1.54, 1.807) is 0 Å². The lowest BCUT2D eigenvalue weighted by Crippen LogP contribution is -2.20. The van der Waals surface area contributed by atoms with E-state index in [2.05, 4.69) is 5.32 Å². The number of carbonyl (C=O) groups is 2. The van der Waals surface area contributed by atoms with Gasteiger partial charge in [-0.05, 0) is 42.5 Å². The van der Waals surface area contributed by atoms with Crippen molar-refractivity contribution in [1.82, 2.24) is 0 Å². The zero-order valence-corrected chi connectivity index (χ0v) is 12.6. The third-order valence-electron chi connectivity index (χ3n) is 2.56. The number of anilines is 1. The topological polar surface area (TPSA) is 55.4 Å². The molecule has 114 valence electrons. The van der Waals surface area contributed by atoms with Crippen LogP contribution < -0.4 is 5.32 Å². The lowest BCUT2D eigenvalue weighted by molar-refractivity contribution is -0.119. The van der Waals surface area contributed by atoms with E-state index < -0.39 is 24.3 Å². The summed E-state index contributed by atoms with van der Waals surface area (Å²) < 4.78 is 17.6. The van der Waals surface area contributed by atoms with Gasteiger partial charge in [0.05, 0.1) is 5.56 Å². The van der Waals surface area contributed by atoms with Crippen LogP contribution in [-0.2, 0) is 9.53 Å². The fourth-order valence-corrected chi connectivity index (χ4v) is 2.15. The maximum atomic E-state index is 12.7. The summed E-state index contributed by atoms with van der Waals surface area (Å²) in [4.78, 5) is 23.3. The molecule has 4 nitrogen and oxygen atoms in total. The standard InChI is InChI=1S/C15H10Cl2FNO3/c16-10-5-11(17)7-13(6-10)19-14(20)8-22-15(21)9-1-3-12(18)4-2-9/h1-7H,8H2,(H,19,20). The number of amides is 1. The van der Waals surface area contributed by atoms with Gasteiger partial charge in [0.2, 0.25) is 0 Å². The van der Waals surface area contributed by atoms with Crippen molar-refractivity contribution in [3.05, 3.63) is 63.9 Å². The monoisotopic (exact) mass is 341 g/mol. The van der Waals surface area contributed by atoms with E-state index >= 15 is 0 Å². The first-order valence-corrected chi connectivity index (χ1v) is 6.88. The molecule has 0 aliphatic rings.